The Morgan fingerprint density at radius 2 is 0.864 bits per heavy atom. The zero-order chi connectivity index (χ0) is 29.1. The molecule has 0 fully saturated rings. The summed E-state index contributed by atoms with van der Waals surface area (Å²) in [6.45, 7) is 0.731. The fourth-order valence-electron chi connectivity index (χ4n) is 6.91. The van der Waals surface area contributed by atoms with E-state index in [0.29, 0.717) is 0 Å². The predicted molar refractivity (Wildman–Crippen MR) is 169 cm³/mol. The van der Waals surface area contributed by atoms with Gasteiger partial charge in [0.15, 0.2) is 0 Å². The molecular weight excluding hydrogens is 649 g/mol. The van der Waals surface area contributed by atoms with Crippen LogP contribution >= 0.6 is 0 Å². The average Bonchev–Trinajstić information content (AvgIpc) is 3.39. The van der Waals surface area contributed by atoms with E-state index >= 15 is 0 Å². The van der Waals surface area contributed by atoms with Crippen molar-refractivity contribution in [3.8, 4) is 44.9 Å². The molecule has 2 aliphatic rings. The molecule has 7 aromatic rings. The van der Waals surface area contributed by atoms with Gasteiger partial charge in [-0.3, -0.25) is 0 Å². The van der Waals surface area contributed by atoms with Crippen molar-refractivity contribution >= 4 is 0 Å². The first-order chi connectivity index (χ1) is 21.8. The minimum atomic E-state index is -3.59. The van der Waals surface area contributed by atoms with Crippen molar-refractivity contribution in [3.05, 3.63) is 181 Å². The molecule has 2 aliphatic heterocycles. The van der Waals surface area contributed by atoms with Crippen LogP contribution in [0, 0.1) is 10.7 Å². The van der Waals surface area contributed by atoms with Gasteiger partial charge in [0.2, 0.25) is 0 Å². The van der Waals surface area contributed by atoms with E-state index in [9.17, 15) is 0 Å². The molecule has 0 unspecified atom stereocenters. The van der Waals surface area contributed by atoms with Gasteiger partial charge in [-0.15, -0.1) is 0 Å². The Hall–Kier alpha value is -4.94. The van der Waals surface area contributed by atoms with Gasteiger partial charge in [0.05, 0.1) is 0 Å². The fourth-order valence-corrected chi connectivity index (χ4v) is 18.4. The van der Waals surface area contributed by atoms with Crippen LogP contribution in [0.4, 0.5) is 0 Å². The normalized spacial score (nSPS) is 14.3. The molecule has 0 radical (unpaired) electrons. The Morgan fingerprint density at radius 1 is 0.386 bits per heavy atom. The average molecular weight is 680 g/mol. The first-order valence-electron chi connectivity index (χ1n) is 15.0. The Balaban J connectivity index is 1.48. The Bertz CT molecular complexity index is 2130. The van der Waals surface area contributed by atoms with Crippen molar-refractivity contribution in [2.45, 2.75) is 6.67 Å². The van der Waals surface area contributed by atoms with E-state index in [1.54, 1.807) is 0 Å². The maximum atomic E-state index is 2.71. The summed E-state index contributed by atoms with van der Waals surface area (Å²) in [4.78, 5) is 0. The number of benzene rings is 4. The van der Waals surface area contributed by atoms with Gasteiger partial charge in [0, 0.05) is 0 Å². The summed E-state index contributed by atoms with van der Waals surface area (Å²) >= 11 is -3.59. The van der Waals surface area contributed by atoms with Gasteiger partial charge in [-0.2, -0.15) is 0 Å². The van der Waals surface area contributed by atoms with Crippen LogP contribution in [0.2, 0.25) is 0 Å². The number of pyridine rings is 3. The van der Waals surface area contributed by atoms with Crippen molar-refractivity contribution in [1.29, 1.82) is 0 Å². The molecule has 3 aromatic heterocycles. The zero-order valence-electron chi connectivity index (χ0n) is 24.1. The Morgan fingerprint density at radius 3 is 1.43 bits per heavy atom. The standard InChI is InChI=1S/C40H30IN3/c1-2-14-30(15-3-1)31-24-27-44-40(28-31)34-18-6-9-21-37(34)41(44)35-19-7-4-16-32(35)38-22-10-12-25-42(38)29-43-26-13-11-23-39(43)33-17-5-8-20-36(33)41/h1-28H,29H2/q+2. The topological polar surface area (TPSA) is 11.6 Å². The second kappa shape index (κ2) is 10.1. The number of hydrogen-bond acceptors (Lipinski definition) is 0. The Kier molecular flexibility index (Phi) is 5.85. The molecular formula is C40H30IN3+2. The molecule has 0 saturated carbocycles. The first-order valence-corrected chi connectivity index (χ1v) is 19.2. The zero-order valence-corrected chi connectivity index (χ0v) is 26.3. The molecule has 0 saturated heterocycles. The van der Waals surface area contributed by atoms with Crippen molar-refractivity contribution < 1.29 is 30.6 Å². The number of nitrogens with zero attached hydrogens (tertiary/aromatic N) is 3. The van der Waals surface area contributed by atoms with E-state index in [0.717, 1.165) is 6.67 Å². The quantitative estimate of drug-likeness (QED) is 0.185. The molecule has 44 heavy (non-hydrogen) atoms. The van der Waals surface area contributed by atoms with Crippen molar-refractivity contribution in [2.75, 3.05) is 0 Å². The van der Waals surface area contributed by atoms with E-state index < -0.39 is 18.7 Å². The van der Waals surface area contributed by atoms with Crippen molar-refractivity contribution in [1.82, 2.24) is 0 Å². The summed E-state index contributed by atoms with van der Waals surface area (Å²) in [5.74, 6) is 0. The number of halogens is 1. The molecule has 210 valence electrons. The van der Waals surface area contributed by atoms with E-state index in [1.165, 1.54) is 55.6 Å². The van der Waals surface area contributed by atoms with Crippen LogP contribution in [-0.4, -0.2) is 0 Å². The maximum absolute atomic E-state index is 3.59. The minimum absolute atomic E-state index is 0.731. The van der Waals surface area contributed by atoms with Crippen LogP contribution in [-0.2, 0) is 6.67 Å². The molecule has 0 atom stereocenters. The second-order valence-corrected chi connectivity index (χ2v) is 18.8. The summed E-state index contributed by atoms with van der Waals surface area (Å²) in [5, 5.41) is 0. The first kappa shape index (κ1) is 25.5. The molecule has 5 heterocycles. The fraction of sp³-hybridized carbons (Fsp3) is 0.0250. The van der Waals surface area contributed by atoms with Gasteiger partial charge in [-0.05, 0) is 0 Å². The molecule has 4 heteroatoms. The SMILES string of the molecule is c1ccc(-c2cc[n+]3c(c2)-c2ccccc2[I-]32c3ccccc3-c3cccc[n+]3C[n+]3ccccc3-c3ccccc32)cc1. The van der Waals surface area contributed by atoms with Gasteiger partial charge in [0.25, 0.3) is 0 Å². The van der Waals surface area contributed by atoms with Crippen molar-refractivity contribution in [3.63, 3.8) is 0 Å². The number of fused-ring (bicyclic) bond motifs is 13. The summed E-state index contributed by atoms with van der Waals surface area (Å²) in [6, 6.07) is 56.3. The third-order valence-corrected chi connectivity index (χ3v) is 19.1. The van der Waals surface area contributed by atoms with Crippen LogP contribution in [0.3, 0.4) is 0 Å². The Labute approximate surface area is 261 Å². The van der Waals surface area contributed by atoms with Crippen LogP contribution in [0.15, 0.2) is 170 Å². The number of hydrogen-bond donors (Lipinski definition) is 0. The van der Waals surface area contributed by atoms with Gasteiger partial charge >= 0.3 is 263 Å². The van der Waals surface area contributed by atoms with Crippen LogP contribution in [0.25, 0.3) is 44.9 Å². The van der Waals surface area contributed by atoms with Crippen LogP contribution < -0.4 is 30.6 Å². The van der Waals surface area contributed by atoms with E-state index in [2.05, 4.69) is 182 Å². The third-order valence-electron chi connectivity index (χ3n) is 8.81. The molecule has 3 nitrogen and oxygen atoms in total. The molecule has 0 aliphatic carbocycles. The third kappa shape index (κ3) is 3.64. The van der Waals surface area contributed by atoms with Crippen LogP contribution in [0.1, 0.15) is 0 Å². The number of rotatable bonds is 1. The number of aromatic nitrogens is 3. The summed E-state index contributed by atoms with van der Waals surface area (Å²) in [7, 11) is 0. The summed E-state index contributed by atoms with van der Waals surface area (Å²) in [5.41, 5.74) is 10.2. The van der Waals surface area contributed by atoms with Gasteiger partial charge in [-0.1, -0.05) is 0 Å². The van der Waals surface area contributed by atoms with E-state index in [1.807, 2.05) is 0 Å². The molecule has 0 bridgehead atoms. The molecule has 1 spiro atoms. The van der Waals surface area contributed by atoms with E-state index in [-0.39, 0.29) is 0 Å². The predicted octanol–water partition coefficient (Wildman–Crippen LogP) is 3.88. The van der Waals surface area contributed by atoms with Crippen molar-refractivity contribution in [2.24, 2.45) is 0 Å². The van der Waals surface area contributed by atoms with Gasteiger partial charge in [-0.25, -0.2) is 0 Å². The molecule has 4 aromatic carbocycles. The van der Waals surface area contributed by atoms with Crippen LogP contribution in [0.5, 0.6) is 0 Å². The van der Waals surface area contributed by atoms with Gasteiger partial charge < -0.3 is 0 Å². The summed E-state index contributed by atoms with van der Waals surface area (Å²) < 4.78 is 11.9. The van der Waals surface area contributed by atoms with E-state index in [4.69, 9.17) is 0 Å². The second-order valence-electron chi connectivity index (χ2n) is 11.2. The monoisotopic (exact) mass is 679 g/mol. The summed E-state index contributed by atoms with van der Waals surface area (Å²) in [6.07, 6.45) is 6.84. The molecule has 0 N–H and O–H groups in total. The molecule has 0 amide bonds. The van der Waals surface area contributed by atoms with Gasteiger partial charge in [0.1, 0.15) is 0 Å². The molecule has 9 rings (SSSR count).